The van der Waals surface area contributed by atoms with Crippen LogP contribution in [0.3, 0.4) is 0 Å². The lowest BCUT2D eigenvalue weighted by atomic mass is 10.3. The summed E-state index contributed by atoms with van der Waals surface area (Å²) in [6.45, 7) is 0. The number of hydrogen-bond donors (Lipinski definition) is 1. The maximum atomic E-state index is 10.0. The largest absolute Gasteiger partial charge is 0.506 e. The molecule has 0 aliphatic rings. The molecule has 1 heterocycles. The lowest BCUT2D eigenvalue weighted by Crippen LogP contribution is -1.83. The molecule has 1 N–H and O–H groups in total. The van der Waals surface area contributed by atoms with Gasteiger partial charge < -0.3 is 5.11 Å². The molecule has 54 valence electrons. The topological polar surface area (TPSA) is 50.2 Å². The fraction of sp³-hybridized carbons (Fsp3) is 0. The van der Waals surface area contributed by atoms with E-state index in [9.17, 15) is 4.79 Å². The fourth-order valence-corrected chi connectivity index (χ4v) is 0.500. The van der Waals surface area contributed by atoms with E-state index in [0.29, 0.717) is 6.29 Å². The van der Waals surface area contributed by atoms with Gasteiger partial charge in [0.1, 0.15) is 11.4 Å². The van der Waals surface area contributed by atoms with Crippen molar-refractivity contribution in [3.8, 4) is 5.75 Å². The van der Waals surface area contributed by atoms with Crippen molar-refractivity contribution < 1.29 is 9.90 Å². The molecule has 0 radical (unpaired) electrons. The summed E-state index contributed by atoms with van der Waals surface area (Å²) in [5.74, 6) is -0.0764. The number of aldehydes is 1. The van der Waals surface area contributed by atoms with Gasteiger partial charge >= 0.3 is 0 Å². The summed E-state index contributed by atoms with van der Waals surface area (Å²) >= 11 is 0. The normalized spacial score (nSPS) is 8.00. The summed E-state index contributed by atoms with van der Waals surface area (Å²) in [6, 6.07) is 2.97. The van der Waals surface area contributed by atoms with Crippen molar-refractivity contribution >= 4 is 18.7 Å². The minimum Gasteiger partial charge on any atom is -0.506 e. The maximum absolute atomic E-state index is 10.0. The van der Waals surface area contributed by atoms with E-state index in [2.05, 4.69) is 4.98 Å². The molecule has 0 saturated heterocycles. The zero-order valence-electron chi connectivity index (χ0n) is 5.02. The lowest BCUT2D eigenvalue weighted by Gasteiger charge is -1.90. The molecule has 0 fully saturated rings. The molecule has 0 aromatic carbocycles. The molecule has 0 saturated carbocycles. The van der Waals surface area contributed by atoms with Crippen LogP contribution in [-0.4, -0.2) is 16.4 Å². The van der Waals surface area contributed by atoms with Crippen LogP contribution < -0.4 is 0 Å². The third-order valence-electron chi connectivity index (χ3n) is 0.928. The molecule has 3 nitrogen and oxygen atoms in total. The molecule has 4 heteroatoms. The first-order chi connectivity index (χ1) is 4.34. The highest BCUT2D eigenvalue weighted by Gasteiger charge is 1.95. The molecule has 1 aromatic heterocycles. The summed E-state index contributed by atoms with van der Waals surface area (Å²) in [5.41, 5.74) is 0.0810. The number of nitrogens with zero attached hydrogens (tertiary/aromatic N) is 1. The van der Waals surface area contributed by atoms with Crippen molar-refractivity contribution in [3.05, 3.63) is 24.0 Å². The fourth-order valence-electron chi connectivity index (χ4n) is 0.500. The van der Waals surface area contributed by atoms with Crippen LogP contribution in [0.25, 0.3) is 0 Å². The summed E-state index contributed by atoms with van der Waals surface area (Å²) in [7, 11) is 0. The summed E-state index contributed by atoms with van der Waals surface area (Å²) in [5, 5.41) is 8.82. The molecular weight excluding hydrogens is 154 g/mol. The zero-order valence-corrected chi connectivity index (χ0v) is 5.84. The van der Waals surface area contributed by atoms with Crippen LogP contribution in [-0.2, 0) is 0 Å². The third-order valence-corrected chi connectivity index (χ3v) is 0.928. The van der Waals surface area contributed by atoms with Gasteiger partial charge in [-0.05, 0) is 12.1 Å². The SMILES string of the molecule is Cl.O=Cc1ncccc1O. The average molecular weight is 160 g/mol. The van der Waals surface area contributed by atoms with Gasteiger partial charge in [-0.1, -0.05) is 0 Å². The van der Waals surface area contributed by atoms with Gasteiger partial charge in [0.15, 0.2) is 6.29 Å². The molecular formula is C6H6ClNO2. The second kappa shape index (κ2) is 3.85. The Bertz CT molecular complexity index is 227. The van der Waals surface area contributed by atoms with Gasteiger partial charge in [0.05, 0.1) is 0 Å². The van der Waals surface area contributed by atoms with E-state index in [0.717, 1.165) is 0 Å². The minimum atomic E-state index is -0.0764. The Balaban J connectivity index is 0.000000810. The van der Waals surface area contributed by atoms with Gasteiger partial charge in [0.25, 0.3) is 0 Å². The molecule has 1 aromatic rings. The minimum absolute atomic E-state index is 0. The lowest BCUT2D eigenvalue weighted by molar-refractivity contribution is 0.111. The average Bonchev–Trinajstić information content (AvgIpc) is 1.89. The Kier molecular flexibility index (Phi) is 3.43. The highest BCUT2D eigenvalue weighted by molar-refractivity contribution is 5.85. The van der Waals surface area contributed by atoms with Gasteiger partial charge in [-0.2, -0.15) is 0 Å². The molecule has 0 aliphatic carbocycles. The predicted molar refractivity (Wildman–Crippen MR) is 38.5 cm³/mol. The molecule has 0 atom stereocenters. The smallest absolute Gasteiger partial charge is 0.172 e. The number of halogens is 1. The Hall–Kier alpha value is -1.09. The van der Waals surface area contributed by atoms with E-state index < -0.39 is 0 Å². The van der Waals surface area contributed by atoms with Crippen LogP contribution >= 0.6 is 12.4 Å². The number of carbonyl (C=O) groups is 1. The number of aromatic hydroxyl groups is 1. The number of rotatable bonds is 1. The number of pyridine rings is 1. The van der Waals surface area contributed by atoms with Crippen LogP contribution in [0.5, 0.6) is 5.75 Å². The molecule has 1 rings (SSSR count). The molecule has 0 unspecified atom stereocenters. The summed E-state index contributed by atoms with van der Waals surface area (Å²) < 4.78 is 0. The monoisotopic (exact) mass is 159 g/mol. The number of aromatic nitrogens is 1. The number of carbonyl (C=O) groups excluding carboxylic acids is 1. The Morgan fingerprint density at radius 2 is 2.30 bits per heavy atom. The van der Waals surface area contributed by atoms with E-state index >= 15 is 0 Å². The van der Waals surface area contributed by atoms with Gasteiger partial charge in [0.2, 0.25) is 0 Å². The van der Waals surface area contributed by atoms with Crippen LogP contribution in [0.15, 0.2) is 18.3 Å². The highest BCUT2D eigenvalue weighted by atomic mass is 35.5. The van der Waals surface area contributed by atoms with E-state index in [1.165, 1.54) is 12.3 Å². The van der Waals surface area contributed by atoms with Crippen LogP contribution in [0.2, 0.25) is 0 Å². The number of hydrogen-bond acceptors (Lipinski definition) is 3. The van der Waals surface area contributed by atoms with Crippen molar-refractivity contribution in [1.82, 2.24) is 4.98 Å². The molecule has 0 amide bonds. The first-order valence-electron chi connectivity index (χ1n) is 2.44. The van der Waals surface area contributed by atoms with Gasteiger partial charge in [-0.25, -0.2) is 4.98 Å². The third kappa shape index (κ3) is 1.70. The van der Waals surface area contributed by atoms with E-state index in [1.807, 2.05) is 0 Å². The molecule has 10 heavy (non-hydrogen) atoms. The van der Waals surface area contributed by atoms with Crippen molar-refractivity contribution in [2.75, 3.05) is 0 Å². The Morgan fingerprint density at radius 1 is 1.60 bits per heavy atom. The van der Waals surface area contributed by atoms with Crippen molar-refractivity contribution in [2.24, 2.45) is 0 Å². The first-order valence-corrected chi connectivity index (χ1v) is 2.44. The molecule has 0 spiro atoms. The predicted octanol–water partition coefficient (Wildman–Crippen LogP) is 1.02. The van der Waals surface area contributed by atoms with Crippen molar-refractivity contribution in [2.45, 2.75) is 0 Å². The van der Waals surface area contributed by atoms with Gasteiger partial charge in [0, 0.05) is 6.20 Å². The standard InChI is InChI=1S/C6H5NO2.ClH/c8-4-5-6(9)2-1-3-7-5;/h1-4,9H;1H. The summed E-state index contributed by atoms with van der Waals surface area (Å²) in [6.07, 6.45) is 1.96. The Labute approximate surface area is 64.1 Å². The second-order valence-corrected chi connectivity index (χ2v) is 1.53. The maximum Gasteiger partial charge on any atom is 0.172 e. The zero-order chi connectivity index (χ0) is 6.69. The van der Waals surface area contributed by atoms with E-state index in [4.69, 9.17) is 5.11 Å². The van der Waals surface area contributed by atoms with E-state index in [1.54, 1.807) is 6.07 Å². The van der Waals surface area contributed by atoms with Gasteiger partial charge in [-0.3, -0.25) is 4.79 Å². The summed E-state index contributed by atoms with van der Waals surface area (Å²) in [4.78, 5) is 13.6. The van der Waals surface area contributed by atoms with Crippen LogP contribution in [0.4, 0.5) is 0 Å². The van der Waals surface area contributed by atoms with Gasteiger partial charge in [-0.15, -0.1) is 12.4 Å². The molecule has 0 bridgehead atoms. The Morgan fingerprint density at radius 3 is 2.70 bits per heavy atom. The molecule has 0 aliphatic heterocycles. The van der Waals surface area contributed by atoms with Crippen LogP contribution in [0.1, 0.15) is 10.5 Å². The first kappa shape index (κ1) is 8.91. The van der Waals surface area contributed by atoms with Crippen molar-refractivity contribution in [1.29, 1.82) is 0 Å². The quantitative estimate of drug-likeness (QED) is 0.623. The van der Waals surface area contributed by atoms with E-state index in [-0.39, 0.29) is 23.9 Å². The second-order valence-electron chi connectivity index (χ2n) is 1.53. The highest BCUT2D eigenvalue weighted by Crippen LogP contribution is 2.08. The van der Waals surface area contributed by atoms with Crippen molar-refractivity contribution in [3.63, 3.8) is 0 Å². The van der Waals surface area contributed by atoms with Crippen LogP contribution in [0, 0.1) is 0 Å².